The third kappa shape index (κ3) is 4.42. The number of nitrogens with one attached hydrogen (secondary N) is 3. The lowest BCUT2D eigenvalue weighted by Crippen LogP contribution is -2.15. The number of aromatic nitrogens is 1. The summed E-state index contributed by atoms with van der Waals surface area (Å²) in [7, 11) is 0. The highest BCUT2D eigenvalue weighted by molar-refractivity contribution is 6.08. The standard InChI is InChI=1S/C19H21N3O5/c1-4-13-17(11(3)23)10(2)20-18(13)19(26)21-14-9-12(5-7-15(14)24)6-8-16(25)22-27/h5-9,20,24,27H,4H2,1-3H3,(H,21,26)(H,22,25)/b8-6+. The van der Waals surface area contributed by atoms with Gasteiger partial charge >= 0.3 is 0 Å². The molecule has 8 heteroatoms. The number of Topliss-reactive ketones (excluding diaryl/α,β-unsaturated/α-hetero) is 1. The molecular formula is C19H21N3O5. The van der Waals surface area contributed by atoms with Gasteiger partial charge in [0.15, 0.2) is 5.78 Å². The maximum absolute atomic E-state index is 12.7. The number of hydroxylamine groups is 1. The normalized spacial score (nSPS) is 10.8. The monoisotopic (exact) mass is 371 g/mol. The van der Waals surface area contributed by atoms with Crippen LogP contribution in [0.4, 0.5) is 5.69 Å². The van der Waals surface area contributed by atoms with E-state index in [2.05, 4.69) is 10.3 Å². The number of hydrogen-bond donors (Lipinski definition) is 5. The van der Waals surface area contributed by atoms with Crippen molar-refractivity contribution >= 4 is 29.4 Å². The van der Waals surface area contributed by atoms with Crippen molar-refractivity contribution in [3.8, 4) is 5.75 Å². The Balaban J connectivity index is 2.33. The fourth-order valence-electron chi connectivity index (χ4n) is 2.85. The van der Waals surface area contributed by atoms with Crippen molar-refractivity contribution in [3.63, 3.8) is 0 Å². The fraction of sp³-hybridized carbons (Fsp3) is 0.211. The van der Waals surface area contributed by atoms with Crippen molar-refractivity contribution in [2.24, 2.45) is 0 Å². The first-order valence-electron chi connectivity index (χ1n) is 8.27. The van der Waals surface area contributed by atoms with Crippen LogP contribution in [0.1, 0.15) is 51.5 Å². The third-order valence-electron chi connectivity index (χ3n) is 4.03. The van der Waals surface area contributed by atoms with Gasteiger partial charge < -0.3 is 15.4 Å². The number of ketones is 1. The van der Waals surface area contributed by atoms with Gasteiger partial charge in [0.05, 0.1) is 5.69 Å². The molecule has 5 N–H and O–H groups in total. The summed E-state index contributed by atoms with van der Waals surface area (Å²) in [5.74, 6) is -1.48. The number of phenolic OH excluding ortho intramolecular Hbond substituents is 1. The zero-order valence-corrected chi connectivity index (χ0v) is 15.2. The van der Waals surface area contributed by atoms with Crippen molar-refractivity contribution in [2.75, 3.05) is 5.32 Å². The number of aromatic amines is 1. The van der Waals surface area contributed by atoms with Crippen molar-refractivity contribution in [3.05, 3.63) is 52.4 Å². The second-order valence-electron chi connectivity index (χ2n) is 5.93. The van der Waals surface area contributed by atoms with E-state index < -0.39 is 11.8 Å². The molecule has 0 radical (unpaired) electrons. The first-order valence-corrected chi connectivity index (χ1v) is 8.27. The van der Waals surface area contributed by atoms with E-state index in [9.17, 15) is 19.5 Å². The Hall–Kier alpha value is -3.39. The van der Waals surface area contributed by atoms with Crippen molar-refractivity contribution in [1.29, 1.82) is 0 Å². The van der Waals surface area contributed by atoms with E-state index in [1.807, 2.05) is 6.92 Å². The maximum Gasteiger partial charge on any atom is 0.272 e. The van der Waals surface area contributed by atoms with Crippen LogP contribution < -0.4 is 10.8 Å². The first-order chi connectivity index (χ1) is 12.8. The highest BCUT2D eigenvalue weighted by atomic mass is 16.5. The van der Waals surface area contributed by atoms with E-state index in [1.165, 1.54) is 36.7 Å². The maximum atomic E-state index is 12.7. The van der Waals surface area contributed by atoms with Gasteiger partial charge in [-0.3, -0.25) is 19.6 Å². The number of carbonyl (C=O) groups excluding carboxylic acids is 3. The smallest absolute Gasteiger partial charge is 0.272 e. The van der Waals surface area contributed by atoms with Crippen LogP contribution in [0.3, 0.4) is 0 Å². The largest absolute Gasteiger partial charge is 0.506 e. The van der Waals surface area contributed by atoms with E-state index in [4.69, 9.17) is 5.21 Å². The van der Waals surface area contributed by atoms with Gasteiger partial charge in [-0.15, -0.1) is 0 Å². The van der Waals surface area contributed by atoms with E-state index in [-0.39, 0.29) is 22.9 Å². The van der Waals surface area contributed by atoms with E-state index in [1.54, 1.807) is 6.92 Å². The van der Waals surface area contributed by atoms with Crippen LogP contribution in [0.5, 0.6) is 5.75 Å². The molecule has 2 aromatic rings. The number of phenols is 1. The molecule has 27 heavy (non-hydrogen) atoms. The van der Waals surface area contributed by atoms with Gasteiger partial charge in [0.1, 0.15) is 11.4 Å². The first kappa shape index (κ1) is 19.9. The third-order valence-corrected chi connectivity index (χ3v) is 4.03. The zero-order valence-electron chi connectivity index (χ0n) is 15.2. The lowest BCUT2D eigenvalue weighted by Gasteiger charge is -2.09. The second-order valence-corrected chi connectivity index (χ2v) is 5.93. The molecule has 0 aliphatic heterocycles. The second kappa shape index (κ2) is 8.33. The molecule has 2 amide bonds. The summed E-state index contributed by atoms with van der Waals surface area (Å²) >= 11 is 0. The van der Waals surface area contributed by atoms with E-state index in [0.29, 0.717) is 28.8 Å². The molecule has 0 aliphatic rings. The molecule has 0 aliphatic carbocycles. The lowest BCUT2D eigenvalue weighted by molar-refractivity contribution is -0.124. The Morgan fingerprint density at radius 1 is 1.26 bits per heavy atom. The molecule has 1 aromatic heterocycles. The Labute approximate surface area is 155 Å². The minimum Gasteiger partial charge on any atom is -0.506 e. The summed E-state index contributed by atoms with van der Waals surface area (Å²) in [5, 5.41) is 21.1. The number of rotatable bonds is 6. The Morgan fingerprint density at radius 2 is 1.96 bits per heavy atom. The summed E-state index contributed by atoms with van der Waals surface area (Å²) < 4.78 is 0. The van der Waals surface area contributed by atoms with Crippen LogP contribution in [-0.4, -0.2) is 32.9 Å². The molecule has 0 saturated heterocycles. The highest BCUT2D eigenvalue weighted by Gasteiger charge is 2.22. The Morgan fingerprint density at radius 3 is 2.56 bits per heavy atom. The summed E-state index contributed by atoms with van der Waals surface area (Å²) in [6, 6.07) is 4.38. The van der Waals surface area contributed by atoms with Gasteiger partial charge in [0, 0.05) is 17.3 Å². The molecule has 2 rings (SSSR count). The van der Waals surface area contributed by atoms with Gasteiger partial charge in [-0.1, -0.05) is 13.0 Å². The zero-order chi connectivity index (χ0) is 20.1. The minimum absolute atomic E-state index is 0.128. The van der Waals surface area contributed by atoms with Gasteiger partial charge in [0.25, 0.3) is 11.8 Å². The van der Waals surface area contributed by atoms with Gasteiger partial charge in [-0.2, -0.15) is 0 Å². The molecular weight excluding hydrogens is 350 g/mol. The van der Waals surface area contributed by atoms with Crippen LogP contribution in [0.15, 0.2) is 24.3 Å². The molecule has 0 unspecified atom stereocenters. The van der Waals surface area contributed by atoms with Crippen molar-refractivity contribution in [1.82, 2.24) is 10.5 Å². The number of carbonyl (C=O) groups is 3. The van der Waals surface area contributed by atoms with Crippen LogP contribution in [0.25, 0.3) is 6.08 Å². The number of anilines is 1. The van der Waals surface area contributed by atoms with Crippen molar-refractivity contribution < 1.29 is 24.7 Å². The Bertz CT molecular complexity index is 928. The molecule has 1 heterocycles. The number of H-pyrrole nitrogens is 1. The molecule has 0 bridgehead atoms. The Kier molecular flexibility index (Phi) is 6.15. The van der Waals surface area contributed by atoms with Crippen molar-refractivity contribution in [2.45, 2.75) is 27.2 Å². The quantitative estimate of drug-likeness (QED) is 0.175. The SMILES string of the molecule is CCc1c(C(=O)Nc2cc(/C=C/C(=O)NO)ccc2O)[nH]c(C)c1C(C)=O. The average Bonchev–Trinajstić information content (AvgIpc) is 2.98. The average molecular weight is 371 g/mol. The molecule has 8 nitrogen and oxygen atoms in total. The summed E-state index contributed by atoms with van der Waals surface area (Å²) in [5.41, 5.74) is 4.13. The van der Waals surface area contributed by atoms with Crippen LogP contribution in [0, 0.1) is 6.92 Å². The molecule has 0 fully saturated rings. The minimum atomic E-state index is -0.708. The van der Waals surface area contributed by atoms with E-state index >= 15 is 0 Å². The molecule has 0 saturated carbocycles. The predicted molar refractivity (Wildman–Crippen MR) is 99.9 cm³/mol. The molecule has 0 atom stereocenters. The molecule has 1 aromatic carbocycles. The van der Waals surface area contributed by atoms with Crippen LogP contribution in [0.2, 0.25) is 0 Å². The van der Waals surface area contributed by atoms with Crippen LogP contribution >= 0.6 is 0 Å². The molecule has 142 valence electrons. The number of hydrogen-bond acceptors (Lipinski definition) is 5. The van der Waals surface area contributed by atoms with E-state index in [0.717, 1.165) is 6.08 Å². The predicted octanol–water partition coefficient (Wildman–Crippen LogP) is 2.56. The number of amides is 2. The number of benzene rings is 1. The number of aromatic hydroxyl groups is 1. The summed E-state index contributed by atoms with van der Waals surface area (Å²) in [4.78, 5) is 38.5. The highest BCUT2D eigenvalue weighted by Crippen LogP contribution is 2.27. The van der Waals surface area contributed by atoms with Gasteiger partial charge in [-0.25, -0.2) is 5.48 Å². The van der Waals surface area contributed by atoms with Crippen LogP contribution in [-0.2, 0) is 11.2 Å². The fourth-order valence-corrected chi connectivity index (χ4v) is 2.85. The summed E-state index contributed by atoms with van der Waals surface area (Å²) in [6.07, 6.45) is 3.00. The lowest BCUT2D eigenvalue weighted by atomic mass is 10.0. The van der Waals surface area contributed by atoms with Gasteiger partial charge in [0.2, 0.25) is 0 Å². The summed E-state index contributed by atoms with van der Waals surface area (Å²) in [6.45, 7) is 5.02. The number of aryl methyl sites for hydroxylation is 1. The molecule has 0 spiro atoms. The van der Waals surface area contributed by atoms with Gasteiger partial charge in [-0.05, 0) is 49.6 Å². The topological polar surface area (TPSA) is 132 Å².